The number of aromatic nitrogens is 2. The number of halogens is 1. The first-order valence-corrected chi connectivity index (χ1v) is 7.88. The largest absolute Gasteiger partial charge is 0.343 e. The van der Waals surface area contributed by atoms with Crippen molar-refractivity contribution in [3.05, 3.63) is 35.2 Å². The molecular weight excluding hydrogens is 350 g/mol. The maximum Gasteiger partial charge on any atom is 0.343 e. The van der Waals surface area contributed by atoms with Crippen LogP contribution in [0.25, 0.3) is 11.4 Å². The zero-order chi connectivity index (χ0) is 17.8. The zero-order valence-electron chi connectivity index (χ0n) is 13.0. The van der Waals surface area contributed by atoms with Gasteiger partial charge < -0.3 is 4.52 Å². The standard InChI is InChI=1S/C15H14ClN5O4/c16-10-6-4-9(5-7-10)14-18-13(25-20-14)3-1-2-11(22)19-21-8-12(23)17-15(21)24/h4-7H,1-3,8H2,(H,19,22)(H,17,23,24). The highest BCUT2D eigenvalue weighted by Gasteiger charge is 2.27. The Morgan fingerprint density at radius 3 is 2.76 bits per heavy atom. The maximum absolute atomic E-state index is 11.8. The van der Waals surface area contributed by atoms with Gasteiger partial charge in [0.05, 0.1) is 0 Å². The summed E-state index contributed by atoms with van der Waals surface area (Å²) in [6, 6.07) is 6.40. The van der Waals surface area contributed by atoms with E-state index in [0.717, 1.165) is 10.6 Å². The summed E-state index contributed by atoms with van der Waals surface area (Å²) in [4.78, 5) is 38.4. The number of hydrazine groups is 1. The molecule has 9 nitrogen and oxygen atoms in total. The molecule has 0 spiro atoms. The molecule has 1 fully saturated rings. The van der Waals surface area contributed by atoms with Gasteiger partial charge in [-0.3, -0.25) is 20.3 Å². The normalized spacial score (nSPS) is 13.9. The van der Waals surface area contributed by atoms with Crippen LogP contribution in [0.2, 0.25) is 5.02 Å². The first kappa shape index (κ1) is 16.9. The predicted octanol–water partition coefficient (Wildman–Crippen LogP) is 1.30. The van der Waals surface area contributed by atoms with Crippen molar-refractivity contribution in [3.8, 4) is 11.4 Å². The Bertz CT molecular complexity index is 805. The van der Waals surface area contributed by atoms with E-state index in [9.17, 15) is 14.4 Å². The van der Waals surface area contributed by atoms with Crippen molar-refractivity contribution < 1.29 is 18.9 Å². The molecule has 0 bridgehead atoms. The van der Waals surface area contributed by atoms with Crippen LogP contribution in [0.5, 0.6) is 0 Å². The van der Waals surface area contributed by atoms with Gasteiger partial charge in [0.1, 0.15) is 6.54 Å². The predicted molar refractivity (Wildman–Crippen MR) is 86.1 cm³/mol. The second-order valence-electron chi connectivity index (χ2n) is 5.35. The minimum absolute atomic E-state index is 0.149. The number of rotatable bonds is 6. The molecule has 1 aliphatic heterocycles. The summed E-state index contributed by atoms with van der Waals surface area (Å²) in [6.07, 6.45) is 1.02. The number of amides is 4. The van der Waals surface area contributed by atoms with Crippen LogP contribution in [0, 0.1) is 0 Å². The van der Waals surface area contributed by atoms with Crippen molar-refractivity contribution in [2.24, 2.45) is 0 Å². The molecule has 1 saturated heterocycles. The third-order valence-corrected chi connectivity index (χ3v) is 3.67. The molecule has 0 unspecified atom stereocenters. The van der Waals surface area contributed by atoms with Crippen LogP contribution in [-0.4, -0.2) is 39.5 Å². The smallest absolute Gasteiger partial charge is 0.339 e. The van der Waals surface area contributed by atoms with Gasteiger partial charge in [0.2, 0.25) is 23.5 Å². The molecule has 2 aromatic rings. The van der Waals surface area contributed by atoms with E-state index >= 15 is 0 Å². The van der Waals surface area contributed by atoms with Crippen LogP contribution in [0.1, 0.15) is 18.7 Å². The zero-order valence-corrected chi connectivity index (χ0v) is 13.7. The van der Waals surface area contributed by atoms with Gasteiger partial charge in [-0.05, 0) is 30.7 Å². The van der Waals surface area contributed by atoms with E-state index in [1.54, 1.807) is 24.3 Å². The summed E-state index contributed by atoms with van der Waals surface area (Å²) in [5.41, 5.74) is 3.14. The van der Waals surface area contributed by atoms with Gasteiger partial charge in [0.25, 0.3) is 0 Å². The van der Waals surface area contributed by atoms with E-state index in [0.29, 0.717) is 29.6 Å². The molecular formula is C15H14ClN5O4. The molecule has 130 valence electrons. The quantitative estimate of drug-likeness (QED) is 0.747. The summed E-state index contributed by atoms with van der Waals surface area (Å²) in [5.74, 6) is 0.0309. The molecule has 0 atom stereocenters. The van der Waals surface area contributed by atoms with Crippen LogP contribution in [0.3, 0.4) is 0 Å². The molecule has 1 aromatic carbocycles. The number of nitrogens with one attached hydrogen (secondary N) is 2. The molecule has 0 aliphatic carbocycles. The van der Waals surface area contributed by atoms with Gasteiger partial charge in [0, 0.05) is 23.4 Å². The van der Waals surface area contributed by atoms with Gasteiger partial charge >= 0.3 is 6.03 Å². The Morgan fingerprint density at radius 2 is 2.08 bits per heavy atom. The number of carbonyl (C=O) groups excluding carboxylic acids is 3. The van der Waals surface area contributed by atoms with Crippen molar-refractivity contribution in [2.75, 3.05) is 6.54 Å². The summed E-state index contributed by atoms with van der Waals surface area (Å²) < 4.78 is 5.15. The minimum Gasteiger partial charge on any atom is -0.339 e. The van der Waals surface area contributed by atoms with Crippen LogP contribution >= 0.6 is 11.6 Å². The molecule has 25 heavy (non-hydrogen) atoms. The average Bonchev–Trinajstić information content (AvgIpc) is 3.15. The number of hydrogen-bond acceptors (Lipinski definition) is 6. The second kappa shape index (κ2) is 7.31. The van der Waals surface area contributed by atoms with E-state index < -0.39 is 11.9 Å². The average molecular weight is 364 g/mol. The number of urea groups is 1. The Hall–Kier alpha value is -2.94. The van der Waals surface area contributed by atoms with Gasteiger partial charge in [-0.1, -0.05) is 16.8 Å². The van der Waals surface area contributed by atoms with E-state index in [4.69, 9.17) is 16.1 Å². The van der Waals surface area contributed by atoms with Crippen LogP contribution < -0.4 is 10.7 Å². The van der Waals surface area contributed by atoms with Crippen molar-refractivity contribution in [3.63, 3.8) is 0 Å². The van der Waals surface area contributed by atoms with Crippen LogP contribution in [0.15, 0.2) is 28.8 Å². The fraction of sp³-hybridized carbons (Fsp3) is 0.267. The topological polar surface area (TPSA) is 117 Å². The number of aryl methyl sites for hydroxylation is 1. The highest BCUT2D eigenvalue weighted by molar-refractivity contribution is 6.30. The fourth-order valence-electron chi connectivity index (χ4n) is 2.21. The van der Waals surface area contributed by atoms with Gasteiger partial charge in [-0.15, -0.1) is 0 Å². The number of benzene rings is 1. The summed E-state index contributed by atoms with van der Waals surface area (Å²) in [5, 5.41) is 7.51. The van der Waals surface area contributed by atoms with Gasteiger partial charge in [-0.2, -0.15) is 4.98 Å². The lowest BCUT2D eigenvalue weighted by atomic mass is 10.2. The SMILES string of the molecule is O=C1CN(NC(=O)CCCc2nc(-c3ccc(Cl)cc3)no2)C(=O)N1. The third-order valence-electron chi connectivity index (χ3n) is 3.42. The Kier molecular flexibility index (Phi) is 4.94. The molecule has 2 heterocycles. The maximum atomic E-state index is 11.8. The van der Waals surface area contributed by atoms with E-state index in [1.165, 1.54) is 0 Å². The molecule has 1 aromatic heterocycles. The minimum atomic E-state index is -0.636. The molecule has 10 heteroatoms. The highest BCUT2D eigenvalue weighted by atomic mass is 35.5. The van der Waals surface area contributed by atoms with Crippen LogP contribution in [-0.2, 0) is 16.0 Å². The van der Waals surface area contributed by atoms with E-state index in [2.05, 4.69) is 20.9 Å². The van der Waals surface area contributed by atoms with Gasteiger partial charge in [-0.25, -0.2) is 9.80 Å². The summed E-state index contributed by atoms with van der Waals surface area (Å²) >= 11 is 5.83. The van der Waals surface area contributed by atoms with Crippen molar-refractivity contribution in [2.45, 2.75) is 19.3 Å². The first-order valence-electron chi connectivity index (χ1n) is 7.50. The molecule has 1 aliphatic rings. The molecule has 0 saturated carbocycles. The third kappa shape index (κ3) is 4.32. The number of carbonyl (C=O) groups is 3. The van der Waals surface area contributed by atoms with E-state index in [1.807, 2.05) is 0 Å². The van der Waals surface area contributed by atoms with Crippen molar-refractivity contribution in [1.82, 2.24) is 25.9 Å². The number of hydrogen-bond donors (Lipinski definition) is 2. The van der Waals surface area contributed by atoms with E-state index in [-0.39, 0.29) is 18.9 Å². The van der Waals surface area contributed by atoms with Gasteiger partial charge in [0.15, 0.2) is 0 Å². The number of imide groups is 1. The summed E-state index contributed by atoms with van der Waals surface area (Å²) in [7, 11) is 0. The molecule has 2 N–H and O–H groups in total. The number of nitrogens with zero attached hydrogens (tertiary/aromatic N) is 3. The molecule has 0 radical (unpaired) electrons. The first-order chi connectivity index (χ1) is 12.0. The lowest BCUT2D eigenvalue weighted by Crippen LogP contribution is -2.44. The van der Waals surface area contributed by atoms with Crippen molar-refractivity contribution in [1.29, 1.82) is 0 Å². The fourth-order valence-corrected chi connectivity index (χ4v) is 2.34. The Labute approximate surface area is 147 Å². The lowest BCUT2D eigenvalue weighted by molar-refractivity contribution is -0.125. The lowest BCUT2D eigenvalue weighted by Gasteiger charge is -2.13. The van der Waals surface area contributed by atoms with Crippen molar-refractivity contribution >= 4 is 29.4 Å². The highest BCUT2D eigenvalue weighted by Crippen LogP contribution is 2.19. The monoisotopic (exact) mass is 363 g/mol. The van der Waals surface area contributed by atoms with Crippen LogP contribution in [0.4, 0.5) is 4.79 Å². The Balaban J connectivity index is 1.46. The molecule has 3 rings (SSSR count). The summed E-state index contributed by atoms with van der Waals surface area (Å²) in [6.45, 7) is -0.182. The molecule has 4 amide bonds. The second-order valence-corrected chi connectivity index (χ2v) is 5.78. The Morgan fingerprint density at radius 1 is 1.32 bits per heavy atom.